The Morgan fingerprint density at radius 1 is 0.966 bits per heavy atom. The SMILES string of the molecule is Cc1cccc(C)c1NC(=O)CNC(=O)COC(=O)C12CC3CC(CC(C3)C1)C2. The van der Waals surface area contributed by atoms with Gasteiger partial charge < -0.3 is 15.4 Å². The van der Waals surface area contributed by atoms with Gasteiger partial charge in [-0.25, -0.2) is 0 Å². The van der Waals surface area contributed by atoms with Crippen LogP contribution in [-0.4, -0.2) is 30.9 Å². The van der Waals surface area contributed by atoms with Gasteiger partial charge in [-0.05, 0) is 81.3 Å². The van der Waals surface area contributed by atoms with Crippen molar-refractivity contribution in [2.45, 2.75) is 52.4 Å². The number of nitrogens with one attached hydrogen (secondary N) is 2. The summed E-state index contributed by atoms with van der Waals surface area (Å²) in [5.41, 5.74) is 2.33. The van der Waals surface area contributed by atoms with Gasteiger partial charge in [0.05, 0.1) is 12.0 Å². The lowest BCUT2D eigenvalue weighted by atomic mass is 9.49. The maximum absolute atomic E-state index is 12.8. The van der Waals surface area contributed by atoms with Gasteiger partial charge in [-0.3, -0.25) is 14.4 Å². The highest BCUT2D eigenvalue weighted by Crippen LogP contribution is 2.60. The van der Waals surface area contributed by atoms with E-state index in [1.54, 1.807) is 0 Å². The molecule has 4 bridgehead atoms. The van der Waals surface area contributed by atoms with E-state index in [-0.39, 0.29) is 30.4 Å². The molecule has 4 saturated carbocycles. The largest absolute Gasteiger partial charge is 0.455 e. The summed E-state index contributed by atoms with van der Waals surface area (Å²) in [7, 11) is 0. The first-order chi connectivity index (χ1) is 13.8. The molecule has 0 atom stereocenters. The predicted molar refractivity (Wildman–Crippen MR) is 109 cm³/mol. The Kier molecular flexibility index (Phi) is 5.36. The summed E-state index contributed by atoms with van der Waals surface area (Å²) in [6, 6.07) is 5.77. The van der Waals surface area contributed by atoms with E-state index >= 15 is 0 Å². The van der Waals surface area contributed by atoms with Gasteiger partial charge in [-0.15, -0.1) is 0 Å². The van der Waals surface area contributed by atoms with Gasteiger partial charge in [0, 0.05) is 5.69 Å². The topological polar surface area (TPSA) is 84.5 Å². The molecule has 0 spiro atoms. The number of benzene rings is 1. The van der Waals surface area contributed by atoms with Crippen molar-refractivity contribution in [2.75, 3.05) is 18.5 Å². The van der Waals surface area contributed by atoms with Gasteiger partial charge in [-0.1, -0.05) is 18.2 Å². The number of para-hydroxylation sites is 1. The van der Waals surface area contributed by atoms with Crippen LogP contribution in [0, 0.1) is 37.0 Å². The van der Waals surface area contributed by atoms with Crippen molar-refractivity contribution in [3.63, 3.8) is 0 Å². The third-order valence-corrected chi connectivity index (χ3v) is 7.00. The number of carbonyl (C=O) groups excluding carboxylic acids is 3. The lowest BCUT2D eigenvalue weighted by Gasteiger charge is -2.55. The van der Waals surface area contributed by atoms with E-state index in [9.17, 15) is 14.4 Å². The Bertz CT molecular complexity index is 777. The van der Waals surface area contributed by atoms with Crippen molar-refractivity contribution in [3.05, 3.63) is 29.3 Å². The molecule has 4 aliphatic carbocycles. The molecule has 0 aliphatic heterocycles. The number of amides is 2. The van der Waals surface area contributed by atoms with Gasteiger partial charge >= 0.3 is 5.97 Å². The number of aryl methyl sites for hydroxylation is 2. The zero-order valence-corrected chi connectivity index (χ0v) is 17.3. The van der Waals surface area contributed by atoms with Gasteiger partial charge in [-0.2, -0.15) is 0 Å². The highest BCUT2D eigenvalue weighted by atomic mass is 16.5. The lowest BCUT2D eigenvalue weighted by Crippen LogP contribution is -2.51. The minimum Gasteiger partial charge on any atom is -0.455 e. The standard InChI is InChI=1S/C23H30N2O4/c1-14-4-3-5-15(2)21(14)25-19(26)12-24-20(27)13-29-22(28)23-9-16-6-17(10-23)8-18(7-16)11-23/h3-5,16-18H,6-13H2,1-2H3,(H,24,27)(H,25,26). The Labute approximate surface area is 171 Å². The van der Waals surface area contributed by atoms with E-state index in [0.29, 0.717) is 17.8 Å². The molecule has 6 heteroatoms. The van der Waals surface area contributed by atoms with E-state index in [0.717, 1.165) is 36.1 Å². The molecule has 1 aromatic carbocycles. The van der Waals surface area contributed by atoms with Gasteiger partial charge in [0.25, 0.3) is 5.91 Å². The maximum atomic E-state index is 12.8. The fourth-order valence-corrected chi connectivity index (χ4v) is 6.07. The Hall–Kier alpha value is -2.37. The van der Waals surface area contributed by atoms with Gasteiger partial charge in [0.15, 0.2) is 6.61 Å². The number of esters is 1. The van der Waals surface area contributed by atoms with Gasteiger partial charge in [0.2, 0.25) is 5.91 Å². The average molecular weight is 399 g/mol. The zero-order chi connectivity index (χ0) is 20.6. The molecule has 5 rings (SSSR count). The molecule has 0 unspecified atom stereocenters. The summed E-state index contributed by atoms with van der Waals surface area (Å²) in [6.45, 7) is 3.37. The third-order valence-electron chi connectivity index (χ3n) is 7.00. The first-order valence-corrected chi connectivity index (χ1v) is 10.6. The molecular weight excluding hydrogens is 368 g/mol. The number of hydrogen-bond acceptors (Lipinski definition) is 4. The fourth-order valence-electron chi connectivity index (χ4n) is 6.07. The molecule has 4 aliphatic rings. The van der Waals surface area contributed by atoms with E-state index < -0.39 is 5.91 Å². The molecule has 6 nitrogen and oxygen atoms in total. The lowest BCUT2D eigenvalue weighted by molar-refractivity contribution is -0.173. The first kappa shape index (κ1) is 19.9. The van der Waals surface area contributed by atoms with Crippen molar-refractivity contribution in [3.8, 4) is 0 Å². The van der Waals surface area contributed by atoms with Crippen molar-refractivity contribution in [1.29, 1.82) is 0 Å². The Morgan fingerprint density at radius 2 is 1.52 bits per heavy atom. The fraction of sp³-hybridized carbons (Fsp3) is 0.609. The summed E-state index contributed by atoms with van der Waals surface area (Å²) in [5, 5.41) is 5.37. The molecule has 2 N–H and O–H groups in total. The highest BCUT2D eigenvalue weighted by molar-refractivity contribution is 5.96. The van der Waals surface area contributed by atoms with Crippen LogP contribution in [-0.2, 0) is 19.1 Å². The van der Waals surface area contributed by atoms with E-state index in [4.69, 9.17) is 4.74 Å². The quantitative estimate of drug-likeness (QED) is 0.721. The molecule has 0 saturated heterocycles. The van der Waals surface area contributed by atoms with E-state index in [2.05, 4.69) is 10.6 Å². The van der Waals surface area contributed by atoms with Crippen LogP contribution < -0.4 is 10.6 Å². The minimum absolute atomic E-state index is 0.151. The van der Waals surface area contributed by atoms with Crippen LogP contribution in [0.2, 0.25) is 0 Å². The normalized spacial score (nSPS) is 29.4. The van der Waals surface area contributed by atoms with Crippen LogP contribution in [0.1, 0.15) is 49.7 Å². The molecule has 0 aromatic heterocycles. The van der Waals surface area contributed by atoms with Crippen LogP contribution in [0.25, 0.3) is 0 Å². The Balaban J connectivity index is 1.23. The van der Waals surface area contributed by atoms with Crippen LogP contribution in [0.15, 0.2) is 18.2 Å². The van der Waals surface area contributed by atoms with E-state index in [1.807, 2.05) is 32.0 Å². The molecule has 1 aromatic rings. The Morgan fingerprint density at radius 3 is 2.07 bits per heavy atom. The molecule has 156 valence electrons. The second-order valence-electron chi connectivity index (χ2n) is 9.37. The summed E-state index contributed by atoms with van der Waals surface area (Å²) in [4.78, 5) is 37.0. The van der Waals surface area contributed by atoms with E-state index in [1.165, 1.54) is 19.3 Å². The molecule has 2 amide bonds. The van der Waals surface area contributed by atoms with Crippen LogP contribution >= 0.6 is 0 Å². The van der Waals surface area contributed by atoms with Crippen LogP contribution in [0.4, 0.5) is 5.69 Å². The molecule has 0 radical (unpaired) electrons. The van der Waals surface area contributed by atoms with Crippen molar-refractivity contribution in [1.82, 2.24) is 5.32 Å². The summed E-state index contributed by atoms with van der Waals surface area (Å²) >= 11 is 0. The third kappa shape index (κ3) is 4.16. The number of hydrogen-bond donors (Lipinski definition) is 2. The molecule has 0 heterocycles. The van der Waals surface area contributed by atoms with Crippen molar-refractivity contribution >= 4 is 23.5 Å². The van der Waals surface area contributed by atoms with Crippen LogP contribution in [0.3, 0.4) is 0 Å². The monoisotopic (exact) mass is 398 g/mol. The van der Waals surface area contributed by atoms with Crippen molar-refractivity contribution < 1.29 is 19.1 Å². The second-order valence-corrected chi connectivity index (χ2v) is 9.37. The second kappa shape index (κ2) is 7.81. The number of rotatable bonds is 6. The predicted octanol–water partition coefficient (Wildman–Crippen LogP) is 3.12. The highest BCUT2D eigenvalue weighted by Gasteiger charge is 2.55. The van der Waals surface area contributed by atoms with Crippen LogP contribution in [0.5, 0.6) is 0 Å². The first-order valence-electron chi connectivity index (χ1n) is 10.6. The maximum Gasteiger partial charge on any atom is 0.312 e. The molecule has 4 fully saturated rings. The molecular formula is C23H30N2O4. The number of ether oxygens (including phenoxy) is 1. The van der Waals surface area contributed by atoms with Gasteiger partial charge in [0.1, 0.15) is 0 Å². The smallest absolute Gasteiger partial charge is 0.312 e. The summed E-state index contributed by atoms with van der Waals surface area (Å²) in [5.74, 6) is 0.985. The number of anilines is 1. The molecule has 29 heavy (non-hydrogen) atoms. The zero-order valence-electron chi connectivity index (χ0n) is 17.3. The summed E-state index contributed by atoms with van der Waals surface area (Å²) < 4.78 is 5.39. The number of carbonyl (C=O) groups is 3. The summed E-state index contributed by atoms with van der Waals surface area (Å²) in [6.07, 6.45) is 6.50. The van der Waals surface area contributed by atoms with Crippen molar-refractivity contribution in [2.24, 2.45) is 23.2 Å². The average Bonchev–Trinajstić information content (AvgIpc) is 2.66. The minimum atomic E-state index is -0.445.